The Morgan fingerprint density at radius 1 is 1.15 bits per heavy atom. The van der Waals surface area contributed by atoms with Crippen molar-refractivity contribution in [2.75, 3.05) is 6.54 Å². The van der Waals surface area contributed by atoms with Crippen LogP contribution in [0.2, 0.25) is 0 Å². The molecule has 1 N–H and O–H groups in total. The molecule has 0 fully saturated rings. The maximum absolute atomic E-state index is 12.9. The van der Waals surface area contributed by atoms with Crippen LogP contribution in [0.15, 0.2) is 48.7 Å². The van der Waals surface area contributed by atoms with Gasteiger partial charge in [0.2, 0.25) is 0 Å². The van der Waals surface area contributed by atoms with Gasteiger partial charge in [-0.25, -0.2) is 4.39 Å². The van der Waals surface area contributed by atoms with Gasteiger partial charge in [-0.1, -0.05) is 25.1 Å². The van der Waals surface area contributed by atoms with Crippen LogP contribution in [0.3, 0.4) is 0 Å². The highest BCUT2D eigenvalue weighted by Crippen LogP contribution is 2.10. The first-order valence-corrected chi connectivity index (χ1v) is 7.15. The van der Waals surface area contributed by atoms with Gasteiger partial charge in [-0.2, -0.15) is 0 Å². The largest absolute Gasteiger partial charge is 0.314 e. The number of halogens is 1. The Morgan fingerprint density at radius 2 is 1.95 bits per heavy atom. The van der Waals surface area contributed by atoms with Crippen LogP contribution >= 0.6 is 0 Å². The van der Waals surface area contributed by atoms with E-state index < -0.39 is 0 Å². The van der Waals surface area contributed by atoms with E-state index in [0.717, 1.165) is 31.5 Å². The maximum Gasteiger partial charge on any atom is 0.123 e. The van der Waals surface area contributed by atoms with Gasteiger partial charge in [0.05, 0.1) is 0 Å². The monoisotopic (exact) mass is 272 g/mol. The van der Waals surface area contributed by atoms with Gasteiger partial charge < -0.3 is 5.32 Å². The molecule has 0 amide bonds. The summed E-state index contributed by atoms with van der Waals surface area (Å²) in [6, 6.07) is 13.2. The van der Waals surface area contributed by atoms with Crippen LogP contribution in [0, 0.1) is 5.82 Å². The van der Waals surface area contributed by atoms with Gasteiger partial charge in [0.1, 0.15) is 5.82 Å². The van der Waals surface area contributed by atoms with Gasteiger partial charge in [0, 0.05) is 17.9 Å². The Hall–Kier alpha value is -1.74. The highest BCUT2D eigenvalue weighted by molar-refractivity contribution is 5.17. The molecular weight excluding hydrogens is 251 g/mol. The number of aromatic nitrogens is 1. The van der Waals surface area contributed by atoms with Crippen molar-refractivity contribution < 1.29 is 4.39 Å². The SMILES string of the molecule is CCNC(CCc1ccccn1)Cc1ccc(F)cc1. The normalized spacial score (nSPS) is 12.3. The Balaban J connectivity index is 1.91. The number of hydrogen-bond acceptors (Lipinski definition) is 2. The van der Waals surface area contributed by atoms with Crippen molar-refractivity contribution in [2.24, 2.45) is 0 Å². The molecule has 1 aromatic carbocycles. The fraction of sp³-hybridized carbons (Fsp3) is 0.353. The first-order valence-electron chi connectivity index (χ1n) is 7.15. The molecular formula is C17H21FN2. The zero-order valence-electron chi connectivity index (χ0n) is 11.8. The lowest BCUT2D eigenvalue weighted by Crippen LogP contribution is -2.31. The van der Waals surface area contributed by atoms with E-state index in [1.54, 1.807) is 0 Å². The molecule has 0 radical (unpaired) electrons. The fourth-order valence-electron chi connectivity index (χ4n) is 2.34. The third kappa shape index (κ3) is 4.74. The molecule has 0 aliphatic heterocycles. The fourth-order valence-corrected chi connectivity index (χ4v) is 2.34. The zero-order chi connectivity index (χ0) is 14.2. The second-order valence-electron chi connectivity index (χ2n) is 4.94. The highest BCUT2D eigenvalue weighted by atomic mass is 19.1. The molecule has 0 aliphatic carbocycles. The van der Waals surface area contributed by atoms with Gasteiger partial charge in [0.25, 0.3) is 0 Å². The molecule has 1 aromatic heterocycles. The number of benzene rings is 1. The van der Waals surface area contributed by atoms with E-state index in [4.69, 9.17) is 0 Å². The lowest BCUT2D eigenvalue weighted by atomic mass is 10.0. The van der Waals surface area contributed by atoms with Crippen molar-refractivity contribution >= 4 is 0 Å². The lowest BCUT2D eigenvalue weighted by molar-refractivity contribution is 0.488. The molecule has 3 heteroatoms. The minimum atomic E-state index is -0.178. The van der Waals surface area contributed by atoms with Crippen molar-refractivity contribution in [3.63, 3.8) is 0 Å². The van der Waals surface area contributed by atoms with E-state index in [1.165, 1.54) is 17.7 Å². The van der Waals surface area contributed by atoms with Crippen molar-refractivity contribution in [3.8, 4) is 0 Å². The number of nitrogens with zero attached hydrogens (tertiary/aromatic N) is 1. The van der Waals surface area contributed by atoms with Crippen LogP contribution in [0.5, 0.6) is 0 Å². The summed E-state index contributed by atoms with van der Waals surface area (Å²) in [5, 5.41) is 3.49. The predicted octanol–water partition coefficient (Wildman–Crippen LogP) is 3.37. The van der Waals surface area contributed by atoms with Crippen molar-refractivity contribution in [1.82, 2.24) is 10.3 Å². The molecule has 0 aliphatic rings. The molecule has 2 nitrogen and oxygen atoms in total. The number of rotatable bonds is 7. The molecule has 1 heterocycles. The van der Waals surface area contributed by atoms with Crippen molar-refractivity contribution in [1.29, 1.82) is 0 Å². The molecule has 1 unspecified atom stereocenters. The molecule has 0 spiro atoms. The first-order chi connectivity index (χ1) is 9.78. The van der Waals surface area contributed by atoms with Gasteiger partial charge in [-0.3, -0.25) is 4.98 Å². The van der Waals surface area contributed by atoms with Gasteiger partial charge in [0.15, 0.2) is 0 Å². The van der Waals surface area contributed by atoms with Crippen LogP contribution in [0.25, 0.3) is 0 Å². The Kier molecular flexibility index (Phi) is 5.69. The van der Waals surface area contributed by atoms with E-state index >= 15 is 0 Å². The summed E-state index contributed by atoms with van der Waals surface area (Å²) in [6.45, 7) is 3.05. The van der Waals surface area contributed by atoms with Crippen molar-refractivity contribution in [3.05, 3.63) is 65.7 Å². The van der Waals surface area contributed by atoms with Crippen LogP contribution in [-0.4, -0.2) is 17.6 Å². The number of likely N-dealkylation sites (N-methyl/N-ethyl adjacent to an activating group) is 1. The summed E-state index contributed by atoms with van der Waals surface area (Å²) >= 11 is 0. The zero-order valence-corrected chi connectivity index (χ0v) is 11.8. The van der Waals surface area contributed by atoms with E-state index in [2.05, 4.69) is 23.3 Å². The molecule has 2 rings (SSSR count). The molecule has 2 aromatic rings. The lowest BCUT2D eigenvalue weighted by Gasteiger charge is -2.17. The smallest absolute Gasteiger partial charge is 0.123 e. The topological polar surface area (TPSA) is 24.9 Å². The predicted molar refractivity (Wildman–Crippen MR) is 80.1 cm³/mol. The maximum atomic E-state index is 12.9. The minimum absolute atomic E-state index is 0.178. The molecule has 0 saturated carbocycles. The van der Waals surface area contributed by atoms with Gasteiger partial charge >= 0.3 is 0 Å². The van der Waals surface area contributed by atoms with E-state index in [1.807, 2.05) is 30.5 Å². The molecule has 0 bridgehead atoms. The summed E-state index contributed by atoms with van der Waals surface area (Å²) in [5.41, 5.74) is 2.29. The first kappa shape index (κ1) is 14.7. The quantitative estimate of drug-likeness (QED) is 0.836. The van der Waals surface area contributed by atoms with Crippen molar-refractivity contribution in [2.45, 2.75) is 32.2 Å². The summed E-state index contributed by atoms with van der Waals surface area (Å²) in [5.74, 6) is -0.178. The van der Waals surface area contributed by atoms with E-state index in [9.17, 15) is 4.39 Å². The third-order valence-electron chi connectivity index (χ3n) is 3.36. The Labute approximate surface area is 120 Å². The van der Waals surface area contributed by atoms with E-state index in [0.29, 0.717) is 6.04 Å². The van der Waals surface area contributed by atoms with E-state index in [-0.39, 0.29) is 5.82 Å². The summed E-state index contributed by atoms with van der Waals surface area (Å²) in [7, 11) is 0. The van der Waals surface area contributed by atoms with Crippen LogP contribution < -0.4 is 5.32 Å². The summed E-state index contributed by atoms with van der Waals surface area (Å²) < 4.78 is 12.9. The minimum Gasteiger partial charge on any atom is -0.314 e. The average Bonchev–Trinajstić information content (AvgIpc) is 2.48. The standard InChI is InChI=1S/C17H21FN2/c1-2-19-17(11-10-16-5-3-4-12-20-16)13-14-6-8-15(18)9-7-14/h3-9,12,17,19H,2,10-11,13H2,1H3. The van der Waals surface area contributed by atoms with Gasteiger partial charge in [-0.05, 0) is 55.6 Å². The Morgan fingerprint density at radius 3 is 2.60 bits per heavy atom. The number of nitrogens with one attached hydrogen (secondary N) is 1. The molecule has 0 saturated heterocycles. The Bertz CT molecular complexity index is 496. The second kappa shape index (κ2) is 7.75. The van der Waals surface area contributed by atoms with Crippen LogP contribution in [0.4, 0.5) is 4.39 Å². The van der Waals surface area contributed by atoms with Crippen LogP contribution in [-0.2, 0) is 12.8 Å². The average molecular weight is 272 g/mol. The molecule has 1 atom stereocenters. The number of pyridine rings is 1. The number of hydrogen-bond donors (Lipinski definition) is 1. The van der Waals surface area contributed by atoms with Crippen LogP contribution in [0.1, 0.15) is 24.6 Å². The second-order valence-corrected chi connectivity index (χ2v) is 4.94. The highest BCUT2D eigenvalue weighted by Gasteiger charge is 2.09. The molecule has 20 heavy (non-hydrogen) atoms. The summed E-state index contributed by atoms with van der Waals surface area (Å²) in [6.07, 6.45) is 4.74. The van der Waals surface area contributed by atoms with Gasteiger partial charge in [-0.15, -0.1) is 0 Å². The number of aryl methyl sites for hydroxylation is 1. The molecule has 106 valence electrons. The third-order valence-corrected chi connectivity index (χ3v) is 3.36. The summed E-state index contributed by atoms with van der Waals surface area (Å²) in [4.78, 5) is 4.35.